The Balaban J connectivity index is 2.33. The number of aryl methyl sites for hydroxylation is 1. The van der Waals surface area contributed by atoms with Gasteiger partial charge in [-0.3, -0.25) is 4.79 Å². The lowest BCUT2D eigenvalue weighted by Gasteiger charge is -1.88. The molecule has 2 aromatic heterocycles. The number of hydrogen-bond donors (Lipinski definition) is 0. The predicted octanol–water partition coefficient (Wildman–Crippen LogP) is 2.28. The lowest BCUT2D eigenvalue weighted by atomic mass is 10.2. The molecule has 0 saturated heterocycles. The summed E-state index contributed by atoms with van der Waals surface area (Å²) >= 11 is 1.41. The molecule has 0 saturated carbocycles. The van der Waals surface area contributed by atoms with Gasteiger partial charge in [0.1, 0.15) is 17.7 Å². The van der Waals surface area contributed by atoms with Gasteiger partial charge >= 0.3 is 0 Å². The first-order valence-corrected chi connectivity index (χ1v) is 4.69. The standard InChI is InChI=1S/C9H7NO2S/c1-6-2-7(3-12-6)9(11)8-4-13-5-10-8/h2-5H,1H3. The van der Waals surface area contributed by atoms with E-state index in [1.54, 1.807) is 23.9 Å². The Morgan fingerprint density at radius 1 is 1.62 bits per heavy atom. The van der Waals surface area contributed by atoms with Gasteiger partial charge in [-0.2, -0.15) is 0 Å². The van der Waals surface area contributed by atoms with Gasteiger partial charge in [-0.25, -0.2) is 4.98 Å². The molecule has 2 heterocycles. The van der Waals surface area contributed by atoms with Gasteiger partial charge in [0.2, 0.25) is 5.78 Å². The quantitative estimate of drug-likeness (QED) is 0.687. The maximum Gasteiger partial charge on any atom is 0.215 e. The molecule has 2 rings (SSSR count). The Hall–Kier alpha value is -1.42. The zero-order chi connectivity index (χ0) is 9.26. The minimum atomic E-state index is -0.0851. The highest BCUT2D eigenvalue weighted by molar-refractivity contribution is 7.07. The summed E-state index contributed by atoms with van der Waals surface area (Å²) in [5.41, 5.74) is 2.68. The van der Waals surface area contributed by atoms with Gasteiger partial charge in [-0.15, -0.1) is 11.3 Å². The summed E-state index contributed by atoms with van der Waals surface area (Å²) in [4.78, 5) is 15.5. The van der Waals surface area contributed by atoms with Crippen molar-refractivity contribution in [2.75, 3.05) is 0 Å². The second-order valence-electron chi connectivity index (χ2n) is 2.65. The highest BCUT2D eigenvalue weighted by Gasteiger charge is 2.12. The van der Waals surface area contributed by atoms with Crippen molar-refractivity contribution in [3.05, 3.63) is 40.2 Å². The number of thiazole rings is 1. The second-order valence-corrected chi connectivity index (χ2v) is 3.37. The van der Waals surface area contributed by atoms with E-state index in [0.29, 0.717) is 11.3 Å². The van der Waals surface area contributed by atoms with Gasteiger partial charge in [0.25, 0.3) is 0 Å². The molecular formula is C9H7NO2S. The van der Waals surface area contributed by atoms with E-state index >= 15 is 0 Å². The second kappa shape index (κ2) is 3.14. The van der Waals surface area contributed by atoms with E-state index in [0.717, 1.165) is 5.76 Å². The summed E-state index contributed by atoms with van der Waals surface area (Å²) in [6, 6.07) is 1.71. The molecule has 0 unspecified atom stereocenters. The van der Waals surface area contributed by atoms with Crippen molar-refractivity contribution in [2.45, 2.75) is 6.92 Å². The smallest absolute Gasteiger partial charge is 0.215 e. The molecule has 0 fully saturated rings. The van der Waals surface area contributed by atoms with Crippen molar-refractivity contribution in [3.8, 4) is 0 Å². The zero-order valence-electron chi connectivity index (χ0n) is 6.98. The van der Waals surface area contributed by atoms with Crippen LogP contribution in [0.25, 0.3) is 0 Å². The molecule has 4 heteroatoms. The summed E-state index contributed by atoms with van der Waals surface area (Å²) < 4.78 is 5.04. The average molecular weight is 193 g/mol. The maximum atomic E-state index is 11.6. The number of furan rings is 1. The fourth-order valence-electron chi connectivity index (χ4n) is 1.04. The van der Waals surface area contributed by atoms with Gasteiger partial charge in [0, 0.05) is 5.38 Å². The number of aromatic nitrogens is 1. The lowest BCUT2D eigenvalue weighted by molar-refractivity contribution is 0.103. The highest BCUT2D eigenvalue weighted by atomic mass is 32.1. The Labute approximate surface area is 79.0 Å². The normalized spacial score (nSPS) is 10.2. The lowest BCUT2D eigenvalue weighted by Crippen LogP contribution is -1.98. The molecule has 3 nitrogen and oxygen atoms in total. The number of ketones is 1. The van der Waals surface area contributed by atoms with Crippen LogP contribution in [0.5, 0.6) is 0 Å². The SMILES string of the molecule is Cc1cc(C(=O)c2cscn2)co1. The Kier molecular flexibility index (Phi) is 1.98. The van der Waals surface area contributed by atoms with Crippen LogP contribution in [0.15, 0.2) is 27.6 Å². The average Bonchev–Trinajstić information content (AvgIpc) is 2.72. The summed E-state index contributed by atoms with van der Waals surface area (Å²) in [5, 5.41) is 1.73. The summed E-state index contributed by atoms with van der Waals surface area (Å²) in [6.07, 6.45) is 1.46. The Bertz CT molecular complexity index is 417. The van der Waals surface area contributed by atoms with Crippen molar-refractivity contribution in [2.24, 2.45) is 0 Å². The van der Waals surface area contributed by atoms with E-state index in [1.165, 1.54) is 17.6 Å². The van der Waals surface area contributed by atoms with E-state index in [4.69, 9.17) is 4.42 Å². The monoisotopic (exact) mass is 193 g/mol. The molecule has 0 atom stereocenters. The van der Waals surface area contributed by atoms with Crippen LogP contribution in [-0.2, 0) is 0 Å². The van der Waals surface area contributed by atoms with Gasteiger partial charge in [0.15, 0.2) is 0 Å². The largest absolute Gasteiger partial charge is 0.469 e. The van der Waals surface area contributed by atoms with Crippen LogP contribution in [0.1, 0.15) is 21.8 Å². The molecular weight excluding hydrogens is 186 g/mol. The zero-order valence-corrected chi connectivity index (χ0v) is 7.80. The summed E-state index contributed by atoms with van der Waals surface area (Å²) in [6.45, 7) is 1.80. The minimum Gasteiger partial charge on any atom is -0.469 e. The molecule has 0 aliphatic heterocycles. The number of carbonyl (C=O) groups excluding carboxylic acids is 1. The van der Waals surface area contributed by atoms with E-state index in [2.05, 4.69) is 4.98 Å². The number of nitrogens with zero attached hydrogens (tertiary/aromatic N) is 1. The van der Waals surface area contributed by atoms with Crippen LogP contribution >= 0.6 is 11.3 Å². The van der Waals surface area contributed by atoms with Gasteiger partial charge in [-0.1, -0.05) is 0 Å². The van der Waals surface area contributed by atoms with Gasteiger partial charge in [0.05, 0.1) is 11.1 Å². The third kappa shape index (κ3) is 1.53. The Morgan fingerprint density at radius 3 is 3.00 bits per heavy atom. The molecule has 2 aromatic rings. The van der Waals surface area contributed by atoms with Crippen molar-refractivity contribution in [3.63, 3.8) is 0 Å². The number of carbonyl (C=O) groups is 1. The van der Waals surface area contributed by atoms with E-state index < -0.39 is 0 Å². The summed E-state index contributed by atoms with van der Waals surface area (Å²) in [5.74, 6) is 0.650. The fourth-order valence-corrected chi connectivity index (χ4v) is 1.57. The molecule has 0 N–H and O–H groups in total. The van der Waals surface area contributed by atoms with E-state index in [1.807, 2.05) is 0 Å². The van der Waals surface area contributed by atoms with Gasteiger partial charge < -0.3 is 4.42 Å². The molecule has 0 spiro atoms. The minimum absolute atomic E-state index is 0.0851. The first-order chi connectivity index (χ1) is 6.27. The van der Waals surface area contributed by atoms with Crippen molar-refractivity contribution >= 4 is 17.1 Å². The van der Waals surface area contributed by atoms with E-state index in [9.17, 15) is 4.79 Å². The van der Waals surface area contributed by atoms with Crippen LogP contribution in [0.2, 0.25) is 0 Å². The van der Waals surface area contributed by atoms with Crippen LogP contribution in [0.3, 0.4) is 0 Å². The maximum absolute atomic E-state index is 11.6. The van der Waals surface area contributed by atoms with Crippen LogP contribution in [0.4, 0.5) is 0 Å². The van der Waals surface area contributed by atoms with Crippen molar-refractivity contribution in [1.82, 2.24) is 4.98 Å². The van der Waals surface area contributed by atoms with Crippen LogP contribution in [0, 0.1) is 6.92 Å². The fraction of sp³-hybridized carbons (Fsp3) is 0.111. The molecule has 13 heavy (non-hydrogen) atoms. The molecule has 0 aromatic carbocycles. The van der Waals surface area contributed by atoms with Crippen LogP contribution in [-0.4, -0.2) is 10.8 Å². The molecule has 0 aliphatic rings. The molecule has 0 aliphatic carbocycles. The van der Waals surface area contributed by atoms with E-state index in [-0.39, 0.29) is 5.78 Å². The first-order valence-electron chi connectivity index (χ1n) is 3.75. The first kappa shape index (κ1) is 8.19. The molecule has 0 radical (unpaired) electrons. The van der Waals surface area contributed by atoms with Gasteiger partial charge in [-0.05, 0) is 13.0 Å². The number of hydrogen-bond acceptors (Lipinski definition) is 4. The highest BCUT2D eigenvalue weighted by Crippen LogP contribution is 2.12. The van der Waals surface area contributed by atoms with Crippen LogP contribution < -0.4 is 0 Å². The molecule has 66 valence electrons. The molecule has 0 bridgehead atoms. The topological polar surface area (TPSA) is 43.1 Å². The van der Waals surface area contributed by atoms with Crippen molar-refractivity contribution < 1.29 is 9.21 Å². The molecule has 0 amide bonds. The number of rotatable bonds is 2. The third-order valence-electron chi connectivity index (χ3n) is 1.66. The Morgan fingerprint density at radius 2 is 2.46 bits per heavy atom. The third-order valence-corrected chi connectivity index (χ3v) is 2.24. The predicted molar refractivity (Wildman–Crippen MR) is 49.0 cm³/mol. The van der Waals surface area contributed by atoms with Crippen molar-refractivity contribution in [1.29, 1.82) is 0 Å². The summed E-state index contributed by atoms with van der Waals surface area (Å²) in [7, 11) is 0.